The monoisotopic (exact) mass is 290 g/mol. The maximum Gasteiger partial charge on any atom is 0.127 e. The van der Waals surface area contributed by atoms with Crippen LogP contribution in [-0.2, 0) is 0 Å². The molecule has 1 heterocycles. The van der Waals surface area contributed by atoms with E-state index in [9.17, 15) is 0 Å². The summed E-state index contributed by atoms with van der Waals surface area (Å²) < 4.78 is 2.42. The Hall–Kier alpha value is -1.02. The van der Waals surface area contributed by atoms with E-state index in [2.05, 4.69) is 42.7 Å². The van der Waals surface area contributed by atoms with Crippen LogP contribution in [0.4, 0.5) is 0 Å². The van der Waals surface area contributed by atoms with Gasteiger partial charge in [-0.2, -0.15) is 0 Å². The highest BCUT2D eigenvalue weighted by molar-refractivity contribution is 6.20. The average Bonchev–Trinajstić information content (AvgIpc) is 2.99. The molecule has 4 atom stereocenters. The highest BCUT2D eigenvalue weighted by Gasteiger charge is 2.35. The maximum absolute atomic E-state index is 6.39. The van der Waals surface area contributed by atoms with E-state index < -0.39 is 0 Å². The summed E-state index contributed by atoms with van der Waals surface area (Å²) in [7, 11) is 0. The van der Waals surface area contributed by atoms with Crippen LogP contribution in [-0.4, -0.2) is 9.55 Å². The molecule has 2 nitrogen and oxygen atoms in total. The first-order valence-electron chi connectivity index (χ1n) is 7.74. The van der Waals surface area contributed by atoms with E-state index in [0.717, 1.165) is 17.3 Å². The Labute approximate surface area is 126 Å². The Morgan fingerprint density at radius 1 is 1.35 bits per heavy atom. The van der Waals surface area contributed by atoms with Gasteiger partial charge in [-0.15, -0.1) is 11.6 Å². The summed E-state index contributed by atoms with van der Waals surface area (Å²) in [6, 6.07) is 8.96. The first-order valence-corrected chi connectivity index (χ1v) is 8.18. The van der Waals surface area contributed by atoms with Gasteiger partial charge in [0.1, 0.15) is 5.82 Å². The number of rotatable bonds is 3. The maximum atomic E-state index is 6.39. The fraction of sp³-hybridized carbons (Fsp3) is 0.588. The van der Waals surface area contributed by atoms with Crippen LogP contribution < -0.4 is 0 Å². The van der Waals surface area contributed by atoms with E-state index in [4.69, 9.17) is 16.6 Å². The van der Waals surface area contributed by atoms with E-state index >= 15 is 0 Å². The molecule has 1 aromatic carbocycles. The second kappa shape index (κ2) is 5.40. The molecular formula is C17H23ClN2. The Bertz CT molecular complexity index is 602. The molecule has 0 aliphatic heterocycles. The number of halogens is 1. The van der Waals surface area contributed by atoms with Gasteiger partial charge < -0.3 is 4.57 Å². The molecule has 0 amide bonds. The molecule has 0 N–H and O–H groups in total. The van der Waals surface area contributed by atoms with E-state index in [1.807, 2.05) is 6.92 Å². The number of hydrogen-bond donors (Lipinski definition) is 0. The van der Waals surface area contributed by atoms with Crippen LogP contribution in [0.25, 0.3) is 11.0 Å². The van der Waals surface area contributed by atoms with Crippen LogP contribution in [0.3, 0.4) is 0 Å². The van der Waals surface area contributed by atoms with Crippen molar-refractivity contribution in [3.8, 4) is 0 Å². The third kappa shape index (κ3) is 2.14. The van der Waals surface area contributed by atoms with Crippen molar-refractivity contribution in [2.45, 2.75) is 51.5 Å². The lowest BCUT2D eigenvalue weighted by atomic mass is 9.93. The zero-order valence-electron chi connectivity index (χ0n) is 12.5. The van der Waals surface area contributed by atoms with Crippen molar-refractivity contribution in [2.75, 3.05) is 0 Å². The van der Waals surface area contributed by atoms with Crippen LogP contribution in [0.5, 0.6) is 0 Å². The molecule has 4 unspecified atom stereocenters. The number of alkyl halides is 1. The lowest BCUT2D eigenvalue weighted by Gasteiger charge is -2.24. The number of imidazole rings is 1. The molecule has 0 radical (unpaired) electrons. The Morgan fingerprint density at radius 2 is 2.10 bits per heavy atom. The molecule has 3 heteroatoms. The SMILES string of the molecule is CCC1CCC(n2c(C(C)Cl)nc3ccccc32)C1C. The molecule has 20 heavy (non-hydrogen) atoms. The van der Waals surface area contributed by atoms with Crippen molar-refractivity contribution >= 4 is 22.6 Å². The molecule has 1 aromatic heterocycles. The van der Waals surface area contributed by atoms with Crippen molar-refractivity contribution in [3.05, 3.63) is 30.1 Å². The normalized spacial score (nSPS) is 28.1. The zero-order chi connectivity index (χ0) is 14.3. The van der Waals surface area contributed by atoms with Crippen LogP contribution >= 0.6 is 11.6 Å². The third-order valence-corrected chi connectivity index (χ3v) is 5.21. The van der Waals surface area contributed by atoms with Crippen molar-refractivity contribution in [3.63, 3.8) is 0 Å². The number of nitrogens with zero attached hydrogens (tertiary/aromatic N) is 2. The van der Waals surface area contributed by atoms with Crippen molar-refractivity contribution in [1.29, 1.82) is 0 Å². The molecular weight excluding hydrogens is 268 g/mol. The minimum Gasteiger partial charge on any atom is -0.323 e. The van der Waals surface area contributed by atoms with Gasteiger partial charge >= 0.3 is 0 Å². The quantitative estimate of drug-likeness (QED) is 0.698. The number of aromatic nitrogens is 2. The predicted molar refractivity (Wildman–Crippen MR) is 85.2 cm³/mol. The van der Waals surface area contributed by atoms with Gasteiger partial charge in [0.15, 0.2) is 0 Å². The van der Waals surface area contributed by atoms with E-state index in [0.29, 0.717) is 12.0 Å². The van der Waals surface area contributed by atoms with Crippen molar-refractivity contribution in [1.82, 2.24) is 9.55 Å². The van der Waals surface area contributed by atoms with Gasteiger partial charge in [0.05, 0.1) is 16.4 Å². The van der Waals surface area contributed by atoms with Crippen molar-refractivity contribution < 1.29 is 0 Å². The molecule has 0 bridgehead atoms. The minimum absolute atomic E-state index is 0.0460. The highest BCUT2D eigenvalue weighted by Crippen LogP contribution is 2.44. The summed E-state index contributed by atoms with van der Waals surface area (Å²) in [5.74, 6) is 2.56. The molecule has 1 saturated carbocycles. The van der Waals surface area contributed by atoms with Gasteiger partial charge in [-0.05, 0) is 43.7 Å². The number of fused-ring (bicyclic) bond motifs is 1. The number of benzene rings is 1. The standard InChI is InChI=1S/C17H23ClN2/c1-4-13-9-10-15(11(13)2)20-16-8-6-5-7-14(16)19-17(20)12(3)18/h5-8,11-13,15H,4,9-10H2,1-3H3. The van der Waals surface area contributed by atoms with Crippen LogP contribution in [0, 0.1) is 11.8 Å². The third-order valence-electron chi connectivity index (χ3n) is 5.02. The summed E-state index contributed by atoms with van der Waals surface area (Å²) in [5.41, 5.74) is 2.31. The predicted octanol–water partition coefficient (Wildman–Crippen LogP) is 5.33. The number of para-hydroxylation sites is 2. The van der Waals surface area contributed by atoms with Crippen LogP contribution in [0.2, 0.25) is 0 Å². The highest BCUT2D eigenvalue weighted by atomic mass is 35.5. The van der Waals surface area contributed by atoms with Crippen LogP contribution in [0.1, 0.15) is 57.3 Å². The number of hydrogen-bond acceptors (Lipinski definition) is 1. The molecule has 1 fully saturated rings. The Kier molecular flexibility index (Phi) is 3.76. The molecule has 2 aromatic rings. The fourth-order valence-corrected chi connectivity index (χ4v) is 4.01. The van der Waals surface area contributed by atoms with E-state index in [-0.39, 0.29) is 5.38 Å². The van der Waals surface area contributed by atoms with Gasteiger partial charge in [-0.25, -0.2) is 4.98 Å². The van der Waals surface area contributed by atoms with Gasteiger partial charge in [0.2, 0.25) is 0 Å². The first kappa shape index (κ1) is 13.9. The van der Waals surface area contributed by atoms with Gasteiger partial charge in [-0.3, -0.25) is 0 Å². The fourth-order valence-electron chi connectivity index (χ4n) is 3.86. The summed E-state index contributed by atoms with van der Waals surface area (Å²) in [4.78, 5) is 4.77. The van der Waals surface area contributed by atoms with Gasteiger partial charge in [0.25, 0.3) is 0 Å². The van der Waals surface area contributed by atoms with E-state index in [1.165, 1.54) is 24.8 Å². The largest absolute Gasteiger partial charge is 0.323 e. The molecule has 0 saturated heterocycles. The first-order chi connectivity index (χ1) is 9.63. The Morgan fingerprint density at radius 3 is 2.75 bits per heavy atom. The lowest BCUT2D eigenvalue weighted by Crippen LogP contribution is -2.18. The summed E-state index contributed by atoms with van der Waals surface area (Å²) in [6.45, 7) is 6.72. The summed E-state index contributed by atoms with van der Waals surface area (Å²) in [6.07, 6.45) is 3.84. The molecule has 0 spiro atoms. The molecule has 108 valence electrons. The van der Waals surface area contributed by atoms with Crippen LogP contribution in [0.15, 0.2) is 24.3 Å². The van der Waals surface area contributed by atoms with Crippen molar-refractivity contribution in [2.24, 2.45) is 11.8 Å². The Balaban J connectivity index is 2.12. The zero-order valence-corrected chi connectivity index (χ0v) is 13.3. The van der Waals surface area contributed by atoms with Gasteiger partial charge in [-0.1, -0.05) is 32.4 Å². The topological polar surface area (TPSA) is 17.8 Å². The molecule has 1 aliphatic carbocycles. The van der Waals surface area contributed by atoms with Gasteiger partial charge in [0, 0.05) is 6.04 Å². The van der Waals surface area contributed by atoms with E-state index in [1.54, 1.807) is 0 Å². The molecule has 1 aliphatic rings. The lowest BCUT2D eigenvalue weighted by molar-refractivity contribution is 0.329. The second-order valence-electron chi connectivity index (χ2n) is 6.12. The summed E-state index contributed by atoms with van der Waals surface area (Å²) in [5, 5.41) is -0.0460. The summed E-state index contributed by atoms with van der Waals surface area (Å²) >= 11 is 6.39. The minimum atomic E-state index is -0.0460. The molecule has 3 rings (SSSR count). The smallest absolute Gasteiger partial charge is 0.127 e. The average molecular weight is 291 g/mol. The second-order valence-corrected chi connectivity index (χ2v) is 6.77.